The first kappa shape index (κ1) is 33.1. The second kappa shape index (κ2) is 15.2. The molecule has 0 aliphatic carbocycles. The number of rotatable bonds is 16. The zero-order chi connectivity index (χ0) is 32.4. The van der Waals surface area contributed by atoms with E-state index in [9.17, 15) is 44.1 Å². The second-order valence-corrected chi connectivity index (χ2v) is 10.1. The fourth-order valence-electron chi connectivity index (χ4n) is 4.41. The van der Waals surface area contributed by atoms with E-state index in [4.69, 9.17) is 10.8 Å². The molecular formula is C29H33N5O10. The van der Waals surface area contributed by atoms with E-state index in [1.165, 1.54) is 24.3 Å². The number of carbonyl (C=O) groups excluding carboxylic acids is 3. The van der Waals surface area contributed by atoms with Crippen LogP contribution in [0.5, 0.6) is 5.75 Å². The number of hydrogen-bond donors (Lipinski definition) is 9. The van der Waals surface area contributed by atoms with Gasteiger partial charge in [-0.3, -0.25) is 24.0 Å². The van der Waals surface area contributed by atoms with Crippen molar-refractivity contribution in [2.24, 2.45) is 5.73 Å². The third kappa shape index (κ3) is 9.55. The van der Waals surface area contributed by atoms with Crippen molar-refractivity contribution in [2.75, 3.05) is 0 Å². The topological polar surface area (TPSA) is 261 Å². The SMILES string of the molecule is NC(CCC(=O)O)C(=O)NC(Cc1c[nH]c2ccccc12)C(=O)NC(CC(=O)O)C(=O)NC(Cc1ccc(O)cc1)C(=O)O. The first-order chi connectivity index (χ1) is 20.8. The minimum atomic E-state index is -1.73. The summed E-state index contributed by atoms with van der Waals surface area (Å²) >= 11 is 0. The van der Waals surface area contributed by atoms with Gasteiger partial charge in [0.1, 0.15) is 23.9 Å². The number of hydrogen-bond acceptors (Lipinski definition) is 8. The van der Waals surface area contributed by atoms with Crippen molar-refractivity contribution in [2.45, 2.75) is 56.3 Å². The highest BCUT2D eigenvalue weighted by atomic mass is 16.4. The third-order valence-corrected chi connectivity index (χ3v) is 6.74. The Labute approximate surface area is 250 Å². The number of nitrogens with two attached hydrogens (primary N) is 1. The van der Waals surface area contributed by atoms with Crippen LogP contribution >= 0.6 is 0 Å². The van der Waals surface area contributed by atoms with Gasteiger partial charge in [0, 0.05) is 36.4 Å². The van der Waals surface area contributed by atoms with Gasteiger partial charge in [-0.15, -0.1) is 0 Å². The summed E-state index contributed by atoms with van der Waals surface area (Å²) in [6, 6.07) is 6.79. The largest absolute Gasteiger partial charge is 0.508 e. The second-order valence-electron chi connectivity index (χ2n) is 10.1. The van der Waals surface area contributed by atoms with Gasteiger partial charge in [0.05, 0.1) is 12.5 Å². The quantitative estimate of drug-likeness (QED) is 0.103. The van der Waals surface area contributed by atoms with Gasteiger partial charge >= 0.3 is 17.9 Å². The van der Waals surface area contributed by atoms with Gasteiger partial charge in [0.2, 0.25) is 17.7 Å². The van der Waals surface area contributed by atoms with E-state index >= 15 is 0 Å². The average molecular weight is 612 g/mol. The van der Waals surface area contributed by atoms with Gasteiger partial charge in [0.15, 0.2) is 0 Å². The molecule has 0 fully saturated rings. The lowest BCUT2D eigenvalue weighted by Gasteiger charge is -2.24. The van der Waals surface area contributed by atoms with Crippen molar-refractivity contribution >= 4 is 46.5 Å². The smallest absolute Gasteiger partial charge is 0.326 e. The van der Waals surface area contributed by atoms with Crippen molar-refractivity contribution in [1.82, 2.24) is 20.9 Å². The molecule has 15 heteroatoms. The van der Waals surface area contributed by atoms with Crippen LogP contribution in [0.4, 0.5) is 0 Å². The normalized spacial score (nSPS) is 13.7. The predicted molar refractivity (Wildman–Crippen MR) is 154 cm³/mol. The van der Waals surface area contributed by atoms with E-state index in [0.29, 0.717) is 11.1 Å². The van der Waals surface area contributed by atoms with Crippen LogP contribution in [0.25, 0.3) is 10.9 Å². The van der Waals surface area contributed by atoms with E-state index in [-0.39, 0.29) is 25.0 Å². The maximum atomic E-state index is 13.5. The molecule has 234 valence electrons. The number of aliphatic carboxylic acids is 3. The van der Waals surface area contributed by atoms with Crippen molar-refractivity contribution < 1.29 is 49.2 Å². The zero-order valence-electron chi connectivity index (χ0n) is 23.4. The molecule has 0 bridgehead atoms. The van der Waals surface area contributed by atoms with Gasteiger partial charge < -0.3 is 47.1 Å². The molecular weight excluding hydrogens is 578 g/mol. The Bertz CT molecular complexity index is 1520. The van der Waals surface area contributed by atoms with E-state index in [2.05, 4.69) is 20.9 Å². The number of carbonyl (C=O) groups is 6. The lowest BCUT2D eigenvalue weighted by Crippen LogP contribution is -2.58. The molecule has 15 nitrogen and oxygen atoms in total. The Morgan fingerprint density at radius 2 is 1.36 bits per heavy atom. The van der Waals surface area contributed by atoms with Gasteiger partial charge in [-0.1, -0.05) is 30.3 Å². The van der Waals surface area contributed by atoms with E-state index in [1.807, 2.05) is 0 Å². The summed E-state index contributed by atoms with van der Waals surface area (Å²) in [4.78, 5) is 76.8. The molecule has 0 spiro atoms. The molecule has 0 radical (unpaired) electrons. The van der Waals surface area contributed by atoms with Gasteiger partial charge in [-0.05, 0) is 35.7 Å². The summed E-state index contributed by atoms with van der Waals surface area (Å²) < 4.78 is 0. The number of fused-ring (bicyclic) bond motifs is 1. The monoisotopic (exact) mass is 611 g/mol. The number of nitrogens with one attached hydrogen (secondary N) is 4. The fraction of sp³-hybridized carbons (Fsp3) is 0.310. The Morgan fingerprint density at radius 3 is 2.00 bits per heavy atom. The number of carboxylic acid groups (broad SMARTS) is 3. The molecule has 1 aromatic heterocycles. The number of aromatic hydroxyl groups is 1. The highest BCUT2D eigenvalue weighted by Gasteiger charge is 2.32. The molecule has 3 aromatic rings. The number of aromatic amines is 1. The van der Waals surface area contributed by atoms with Gasteiger partial charge in [0.25, 0.3) is 0 Å². The molecule has 3 amide bonds. The molecule has 4 atom stereocenters. The van der Waals surface area contributed by atoms with Crippen LogP contribution in [-0.2, 0) is 41.6 Å². The van der Waals surface area contributed by atoms with E-state index < -0.39 is 72.6 Å². The first-order valence-electron chi connectivity index (χ1n) is 13.5. The molecule has 0 saturated carbocycles. The Kier molecular flexibility index (Phi) is 11.4. The number of amides is 3. The molecule has 1 heterocycles. The molecule has 2 aromatic carbocycles. The summed E-state index contributed by atoms with van der Waals surface area (Å²) in [5, 5.41) is 45.2. The summed E-state index contributed by atoms with van der Waals surface area (Å²) in [5.41, 5.74) is 7.61. The number of phenols is 1. The first-order valence-corrected chi connectivity index (χ1v) is 13.5. The number of carboxylic acids is 3. The van der Waals surface area contributed by atoms with Crippen LogP contribution in [0.1, 0.15) is 30.4 Å². The van der Waals surface area contributed by atoms with Crippen molar-refractivity contribution in [3.63, 3.8) is 0 Å². The standard InChI is InChI=1S/C29H33N5O10/c30-19(9-10-24(36)37)26(40)32-21(12-16-14-31-20-4-2-1-3-18(16)20)27(41)33-22(13-25(38)39)28(42)34-23(29(43)44)11-15-5-7-17(35)8-6-15/h1-8,14,19,21-23,31,35H,9-13,30H2,(H,32,40)(H,33,41)(H,34,42)(H,36,37)(H,38,39)(H,43,44). The maximum Gasteiger partial charge on any atom is 0.326 e. The maximum absolute atomic E-state index is 13.5. The lowest BCUT2D eigenvalue weighted by atomic mass is 10.0. The van der Waals surface area contributed by atoms with Crippen molar-refractivity contribution in [1.29, 1.82) is 0 Å². The average Bonchev–Trinajstić information content (AvgIpc) is 3.38. The fourth-order valence-corrected chi connectivity index (χ4v) is 4.41. The van der Waals surface area contributed by atoms with E-state index in [1.54, 1.807) is 30.5 Å². The van der Waals surface area contributed by atoms with Gasteiger partial charge in [-0.25, -0.2) is 4.79 Å². The minimum Gasteiger partial charge on any atom is -0.508 e. The number of aromatic nitrogens is 1. The van der Waals surface area contributed by atoms with Gasteiger partial charge in [-0.2, -0.15) is 0 Å². The molecule has 44 heavy (non-hydrogen) atoms. The number of phenolic OH excluding ortho intramolecular Hbond substituents is 1. The predicted octanol–water partition coefficient (Wildman–Crippen LogP) is -0.135. The van der Waals surface area contributed by atoms with Crippen molar-refractivity contribution in [3.8, 4) is 5.75 Å². The highest BCUT2D eigenvalue weighted by molar-refractivity contribution is 5.96. The third-order valence-electron chi connectivity index (χ3n) is 6.74. The van der Waals surface area contributed by atoms with Crippen LogP contribution in [0, 0.1) is 0 Å². The Balaban J connectivity index is 1.82. The number of H-pyrrole nitrogens is 1. The number of benzene rings is 2. The van der Waals surface area contributed by atoms with Crippen LogP contribution in [0.15, 0.2) is 54.7 Å². The molecule has 4 unspecified atom stereocenters. The molecule has 3 rings (SSSR count). The van der Waals surface area contributed by atoms with Crippen LogP contribution < -0.4 is 21.7 Å². The Hall–Kier alpha value is -5.44. The molecule has 0 saturated heterocycles. The summed E-state index contributed by atoms with van der Waals surface area (Å²) in [6.07, 6.45) is -0.234. The molecule has 10 N–H and O–H groups in total. The van der Waals surface area contributed by atoms with E-state index in [0.717, 1.165) is 10.9 Å². The van der Waals surface area contributed by atoms with Crippen LogP contribution in [0.2, 0.25) is 0 Å². The van der Waals surface area contributed by atoms with Crippen LogP contribution in [0.3, 0.4) is 0 Å². The zero-order valence-corrected chi connectivity index (χ0v) is 23.4. The Morgan fingerprint density at radius 1 is 0.750 bits per heavy atom. The summed E-state index contributed by atoms with van der Waals surface area (Å²) in [6.45, 7) is 0. The highest BCUT2D eigenvalue weighted by Crippen LogP contribution is 2.19. The van der Waals surface area contributed by atoms with Crippen molar-refractivity contribution in [3.05, 3.63) is 65.9 Å². The van der Waals surface area contributed by atoms with Crippen LogP contribution in [-0.4, -0.2) is 85.2 Å². The minimum absolute atomic E-state index is 0.0500. The molecule has 0 aliphatic rings. The lowest BCUT2D eigenvalue weighted by molar-refractivity contribution is -0.143. The number of para-hydroxylation sites is 1. The molecule has 0 aliphatic heterocycles. The summed E-state index contributed by atoms with van der Waals surface area (Å²) in [7, 11) is 0. The summed E-state index contributed by atoms with van der Waals surface area (Å²) in [5.74, 6) is -7.01.